The summed E-state index contributed by atoms with van der Waals surface area (Å²) in [6.45, 7) is 3.55. The summed E-state index contributed by atoms with van der Waals surface area (Å²) < 4.78 is 19.7. The lowest BCUT2D eigenvalue weighted by atomic mass is 10.1. The SMILES string of the molecule is O=C1CC(N(CCN2CCOCC2)C(=O)c2ccc(F)cc2)C(=O)N1c1ccc(I)cc1. The minimum Gasteiger partial charge on any atom is -0.379 e. The van der Waals surface area contributed by atoms with E-state index < -0.39 is 23.7 Å². The van der Waals surface area contributed by atoms with E-state index in [0.29, 0.717) is 25.4 Å². The van der Waals surface area contributed by atoms with Gasteiger partial charge in [0.1, 0.15) is 11.9 Å². The molecule has 0 radical (unpaired) electrons. The number of halogens is 2. The normalized spacial score (nSPS) is 19.4. The average Bonchev–Trinajstić information content (AvgIpc) is 3.09. The Bertz CT molecular complexity index is 993. The van der Waals surface area contributed by atoms with Gasteiger partial charge in [0.25, 0.3) is 11.8 Å². The molecule has 2 aromatic carbocycles. The monoisotopic (exact) mass is 551 g/mol. The highest BCUT2D eigenvalue weighted by atomic mass is 127. The summed E-state index contributed by atoms with van der Waals surface area (Å²) in [7, 11) is 0. The van der Waals surface area contributed by atoms with E-state index >= 15 is 0 Å². The summed E-state index contributed by atoms with van der Waals surface area (Å²) >= 11 is 2.15. The van der Waals surface area contributed by atoms with Crippen LogP contribution in [-0.2, 0) is 14.3 Å². The number of benzene rings is 2. The number of rotatable bonds is 6. The van der Waals surface area contributed by atoms with Crippen LogP contribution in [0.4, 0.5) is 10.1 Å². The van der Waals surface area contributed by atoms with E-state index in [1.165, 1.54) is 29.2 Å². The fourth-order valence-corrected chi connectivity index (χ4v) is 4.31. The average molecular weight is 551 g/mol. The molecule has 2 saturated heterocycles. The molecule has 2 heterocycles. The van der Waals surface area contributed by atoms with Crippen molar-refractivity contribution in [3.8, 4) is 0 Å². The van der Waals surface area contributed by atoms with Crippen LogP contribution in [0.1, 0.15) is 16.8 Å². The lowest BCUT2D eigenvalue weighted by molar-refractivity contribution is -0.122. The molecule has 32 heavy (non-hydrogen) atoms. The Morgan fingerprint density at radius 2 is 1.72 bits per heavy atom. The Labute approximate surface area is 199 Å². The predicted molar refractivity (Wildman–Crippen MR) is 125 cm³/mol. The Kier molecular flexibility index (Phi) is 7.17. The Hall–Kier alpha value is -2.37. The number of morpholine rings is 1. The number of carbonyl (C=O) groups is 3. The number of hydrogen-bond donors (Lipinski definition) is 0. The standard InChI is InChI=1S/C23H23FIN3O4/c24-17-3-1-16(2-4-17)22(30)27(10-9-26-11-13-32-14-12-26)20-15-21(29)28(23(20)31)19-7-5-18(25)6-8-19/h1-8,20H,9-15H2. The van der Waals surface area contributed by atoms with Gasteiger partial charge in [-0.25, -0.2) is 9.29 Å². The molecule has 1 unspecified atom stereocenters. The number of anilines is 1. The van der Waals surface area contributed by atoms with Crippen LogP contribution in [0.2, 0.25) is 0 Å². The first-order valence-corrected chi connectivity index (χ1v) is 11.5. The lowest BCUT2D eigenvalue weighted by Gasteiger charge is -2.32. The topological polar surface area (TPSA) is 70.2 Å². The van der Waals surface area contributed by atoms with Crippen LogP contribution in [0.25, 0.3) is 0 Å². The lowest BCUT2D eigenvalue weighted by Crippen LogP contribution is -2.49. The van der Waals surface area contributed by atoms with Gasteiger partial charge in [-0.15, -0.1) is 0 Å². The molecule has 7 nitrogen and oxygen atoms in total. The van der Waals surface area contributed by atoms with Crippen molar-refractivity contribution in [2.75, 3.05) is 44.3 Å². The van der Waals surface area contributed by atoms with Crippen LogP contribution in [-0.4, -0.2) is 73.0 Å². The molecular weight excluding hydrogens is 528 g/mol. The number of amides is 3. The number of ether oxygens (including phenoxy) is 1. The van der Waals surface area contributed by atoms with E-state index in [1.54, 1.807) is 12.1 Å². The minimum absolute atomic E-state index is 0.0825. The molecule has 1 atom stereocenters. The molecule has 0 aromatic heterocycles. The van der Waals surface area contributed by atoms with Crippen molar-refractivity contribution >= 4 is 46.0 Å². The molecule has 2 aliphatic heterocycles. The fraction of sp³-hybridized carbons (Fsp3) is 0.348. The van der Waals surface area contributed by atoms with Gasteiger partial charge in [0, 0.05) is 35.3 Å². The summed E-state index contributed by atoms with van der Waals surface area (Å²) in [4.78, 5) is 44.2. The molecule has 168 valence electrons. The third-order valence-electron chi connectivity index (χ3n) is 5.70. The first-order chi connectivity index (χ1) is 15.4. The smallest absolute Gasteiger partial charge is 0.257 e. The van der Waals surface area contributed by atoms with Gasteiger partial charge in [-0.1, -0.05) is 0 Å². The largest absolute Gasteiger partial charge is 0.379 e. The van der Waals surface area contributed by atoms with E-state index in [1.807, 2.05) is 12.1 Å². The highest BCUT2D eigenvalue weighted by Gasteiger charge is 2.44. The third kappa shape index (κ3) is 5.00. The van der Waals surface area contributed by atoms with Crippen molar-refractivity contribution in [3.63, 3.8) is 0 Å². The van der Waals surface area contributed by atoms with Crippen LogP contribution in [0.15, 0.2) is 48.5 Å². The van der Waals surface area contributed by atoms with Gasteiger partial charge in [-0.05, 0) is 71.1 Å². The molecule has 4 rings (SSSR count). The summed E-state index contributed by atoms with van der Waals surface area (Å²) in [5.41, 5.74) is 0.770. The van der Waals surface area contributed by atoms with Crippen molar-refractivity contribution in [1.82, 2.24) is 9.80 Å². The second-order valence-corrected chi connectivity index (χ2v) is 8.97. The minimum atomic E-state index is -0.902. The zero-order valence-electron chi connectivity index (χ0n) is 17.4. The number of carbonyl (C=O) groups excluding carboxylic acids is 3. The second kappa shape index (κ2) is 10.1. The molecule has 2 aliphatic rings. The van der Waals surface area contributed by atoms with Gasteiger partial charge in [-0.3, -0.25) is 19.3 Å². The molecule has 0 aliphatic carbocycles. The Morgan fingerprint density at radius 3 is 2.38 bits per heavy atom. The zero-order chi connectivity index (χ0) is 22.7. The van der Waals surface area contributed by atoms with Gasteiger partial charge in [0.2, 0.25) is 5.91 Å². The molecule has 3 amide bonds. The molecule has 0 spiro atoms. The summed E-state index contributed by atoms with van der Waals surface area (Å²) in [6, 6.07) is 11.4. The summed E-state index contributed by atoms with van der Waals surface area (Å²) in [5.74, 6) is -1.61. The van der Waals surface area contributed by atoms with E-state index in [4.69, 9.17) is 4.74 Å². The van der Waals surface area contributed by atoms with Gasteiger partial charge < -0.3 is 9.64 Å². The first kappa shape index (κ1) is 22.8. The van der Waals surface area contributed by atoms with Gasteiger partial charge in [-0.2, -0.15) is 0 Å². The van der Waals surface area contributed by atoms with Gasteiger partial charge in [0.15, 0.2) is 0 Å². The van der Waals surface area contributed by atoms with Crippen LogP contribution < -0.4 is 4.90 Å². The highest BCUT2D eigenvalue weighted by Crippen LogP contribution is 2.27. The van der Waals surface area contributed by atoms with Gasteiger partial charge >= 0.3 is 0 Å². The Balaban J connectivity index is 1.58. The van der Waals surface area contributed by atoms with E-state index in [-0.39, 0.29) is 24.4 Å². The number of imide groups is 1. The van der Waals surface area contributed by atoms with E-state index in [9.17, 15) is 18.8 Å². The number of nitrogens with zero attached hydrogens (tertiary/aromatic N) is 3. The molecule has 2 fully saturated rings. The van der Waals surface area contributed by atoms with Crippen LogP contribution in [0, 0.1) is 9.39 Å². The first-order valence-electron chi connectivity index (χ1n) is 10.4. The quantitative estimate of drug-likeness (QED) is 0.408. The van der Waals surface area contributed by atoms with E-state index in [0.717, 1.165) is 21.6 Å². The zero-order valence-corrected chi connectivity index (χ0v) is 19.5. The maximum atomic E-state index is 13.4. The molecule has 0 N–H and O–H groups in total. The third-order valence-corrected chi connectivity index (χ3v) is 6.42. The second-order valence-electron chi connectivity index (χ2n) is 7.72. The predicted octanol–water partition coefficient (Wildman–Crippen LogP) is 2.54. The van der Waals surface area contributed by atoms with Crippen molar-refractivity contribution in [1.29, 1.82) is 0 Å². The molecule has 2 aromatic rings. The molecule has 0 saturated carbocycles. The van der Waals surface area contributed by atoms with Gasteiger partial charge in [0.05, 0.1) is 25.3 Å². The van der Waals surface area contributed by atoms with Crippen molar-refractivity contribution < 1.29 is 23.5 Å². The molecular formula is C23H23FIN3O4. The van der Waals surface area contributed by atoms with Crippen molar-refractivity contribution in [3.05, 3.63) is 63.5 Å². The van der Waals surface area contributed by atoms with Crippen LogP contribution in [0.3, 0.4) is 0 Å². The highest BCUT2D eigenvalue weighted by molar-refractivity contribution is 14.1. The molecule has 0 bridgehead atoms. The van der Waals surface area contributed by atoms with Crippen molar-refractivity contribution in [2.45, 2.75) is 12.5 Å². The number of hydrogen-bond acceptors (Lipinski definition) is 5. The van der Waals surface area contributed by atoms with Crippen LogP contribution >= 0.6 is 22.6 Å². The molecule has 9 heteroatoms. The Morgan fingerprint density at radius 1 is 1.06 bits per heavy atom. The van der Waals surface area contributed by atoms with E-state index in [2.05, 4.69) is 27.5 Å². The summed E-state index contributed by atoms with van der Waals surface area (Å²) in [6.07, 6.45) is -0.0825. The van der Waals surface area contributed by atoms with Crippen molar-refractivity contribution in [2.24, 2.45) is 0 Å². The fourth-order valence-electron chi connectivity index (χ4n) is 3.95. The summed E-state index contributed by atoms with van der Waals surface area (Å²) in [5, 5.41) is 0. The van der Waals surface area contributed by atoms with Crippen LogP contribution in [0.5, 0.6) is 0 Å². The maximum absolute atomic E-state index is 13.4. The maximum Gasteiger partial charge on any atom is 0.257 e.